The van der Waals surface area contributed by atoms with Crippen molar-refractivity contribution in [2.75, 3.05) is 11.1 Å². The highest BCUT2D eigenvalue weighted by molar-refractivity contribution is 7.99. The molecule has 6 heteroatoms. The van der Waals surface area contributed by atoms with Crippen molar-refractivity contribution >= 4 is 46.3 Å². The van der Waals surface area contributed by atoms with Crippen molar-refractivity contribution in [3.8, 4) is 0 Å². The van der Waals surface area contributed by atoms with E-state index in [-0.39, 0.29) is 5.91 Å². The number of hydrogen-bond donors (Lipinski definition) is 2. The predicted molar refractivity (Wildman–Crippen MR) is 92.3 cm³/mol. The molecule has 0 aliphatic rings. The number of H-pyrrole nitrogens is 1. The molecule has 112 valence electrons. The first-order valence-corrected chi connectivity index (χ1v) is 8.31. The lowest BCUT2D eigenvalue weighted by Crippen LogP contribution is -2.15. The number of amides is 1. The van der Waals surface area contributed by atoms with Crippen molar-refractivity contribution in [3.05, 3.63) is 59.1 Å². The van der Waals surface area contributed by atoms with Crippen molar-refractivity contribution < 1.29 is 4.79 Å². The second kappa shape index (κ2) is 6.85. The fraction of sp³-hybridized carbons (Fsp3) is 0.125. The predicted octanol–water partition coefficient (Wildman–Crippen LogP) is 4.09. The molecule has 0 fully saturated rings. The molecule has 0 spiro atoms. The van der Waals surface area contributed by atoms with Crippen LogP contribution >= 0.6 is 23.4 Å². The third-order valence-electron chi connectivity index (χ3n) is 3.06. The smallest absolute Gasteiger partial charge is 0.236 e. The number of halogens is 1. The summed E-state index contributed by atoms with van der Waals surface area (Å²) in [5.74, 6) is 1.56. The number of fused-ring (bicyclic) bond motifs is 1. The number of imidazole rings is 1. The average molecular weight is 332 g/mol. The summed E-state index contributed by atoms with van der Waals surface area (Å²) in [6.45, 7) is 0. The van der Waals surface area contributed by atoms with Gasteiger partial charge in [-0.1, -0.05) is 35.9 Å². The number of aromatic amines is 1. The summed E-state index contributed by atoms with van der Waals surface area (Å²) in [6, 6.07) is 15.3. The van der Waals surface area contributed by atoms with E-state index < -0.39 is 0 Å². The molecule has 0 saturated carbocycles. The maximum Gasteiger partial charge on any atom is 0.236 e. The monoisotopic (exact) mass is 331 g/mol. The maximum absolute atomic E-state index is 11.9. The number of para-hydroxylation sites is 2. The highest BCUT2D eigenvalue weighted by Gasteiger charge is 2.07. The lowest BCUT2D eigenvalue weighted by atomic mass is 10.2. The molecule has 1 heterocycles. The van der Waals surface area contributed by atoms with Crippen LogP contribution in [0.5, 0.6) is 0 Å². The van der Waals surface area contributed by atoms with Gasteiger partial charge in [-0.25, -0.2) is 4.98 Å². The van der Waals surface area contributed by atoms with Crippen LogP contribution in [0.4, 0.5) is 5.95 Å². The number of thioether (sulfide) groups is 1. The van der Waals surface area contributed by atoms with Crippen LogP contribution in [0.25, 0.3) is 11.0 Å². The van der Waals surface area contributed by atoms with Gasteiger partial charge in [0.1, 0.15) is 0 Å². The van der Waals surface area contributed by atoms with E-state index in [9.17, 15) is 4.79 Å². The minimum Gasteiger partial charge on any atom is -0.324 e. The van der Waals surface area contributed by atoms with E-state index >= 15 is 0 Å². The fourth-order valence-electron chi connectivity index (χ4n) is 2.02. The zero-order valence-electron chi connectivity index (χ0n) is 11.7. The Labute approximate surface area is 137 Å². The molecule has 2 aromatic carbocycles. The number of aromatic nitrogens is 2. The Morgan fingerprint density at radius 2 is 1.95 bits per heavy atom. The number of rotatable bonds is 5. The first-order chi connectivity index (χ1) is 10.7. The van der Waals surface area contributed by atoms with Crippen molar-refractivity contribution in [1.82, 2.24) is 9.97 Å². The van der Waals surface area contributed by atoms with Crippen LogP contribution in [0, 0.1) is 0 Å². The number of carbonyl (C=O) groups excluding carboxylic acids is 1. The summed E-state index contributed by atoms with van der Waals surface area (Å²) in [7, 11) is 0. The number of carbonyl (C=O) groups is 1. The van der Waals surface area contributed by atoms with Gasteiger partial charge in [-0.05, 0) is 29.8 Å². The zero-order chi connectivity index (χ0) is 15.4. The molecule has 3 aromatic rings. The van der Waals surface area contributed by atoms with Crippen LogP contribution in [-0.2, 0) is 10.5 Å². The summed E-state index contributed by atoms with van der Waals surface area (Å²) in [4.78, 5) is 19.3. The normalized spacial score (nSPS) is 10.8. The summed E-state index contributed by atoms with van der Waals surface area (Å²) in [6.07, 6.45) is 0. The molecule has 1 aromatic heterocycles. The van der Waals surface area contributed by atoms with Gasteiger partial charge in [0, 0.05) is 10.8 Å². The molecule has 0 bridgehead atoms. The van der Waals surface area contributed by atoms with Gasteiger partial charge < -0.3 is 4.98 Å². The summed E-state index contributed by atoms with van der Waals surface area (Å²) >= 11 is 7.39. The van der Waals surface area contributed by atoms with Gasteiger partial charge in [0.15, 0.2) is 0 Å². The van der Waals surface area contributed by atoms with Crippen molar-refractivity contribution in [1.29, 1.82) is 0 Å². The second-order valence-electron chi connectivity index (χ2n) is 4.77. The van der Waals surface area contributed by atoms with Crippen LogP contribution in [-0.4, -0.2) is 21.6 Å². The highest BCUT2D eigenvalue weighted by Crippen LogP contribution is 2.16. The minimum absolute atomic E-state index is 0.0713. The van der Waals surface area contributed by atoms with Gasteiger partial charge in [0.25, 0.3) is 0 Å². The van der Waals surface area contributed by atoms with Gasteiger partial charge >= 0.3 is 0 Å². The third kappa shape index (κ3) is 3.81. The maximum atomic E-state index is 11.9. The first kappa shape index (κ1) is 14.9. The van der Waals surface area contributed by atoms with Crippen LogP contribution in [0.1, 0.15) is 5.56 Å². The lowest BCUT2D eigenvalue weighted by Gasteiger charge is -2.03. The minimum atomic E-state index is -0.0713. The van der Waals surface area contributed by atoms with E-state index in [2.05, 4.69) is 15.3 Å². The molecule has 0 atom stereocenters. The Hall–Kier alpha value is -1.98. The van der Waals surface area contributed by atoms with Gasteiger partial charge in [0.05, 0.1) is 16.8 Å². The lowest BCUT2D eigenvalue weighted by molar-refractivity contribution is -0.113. The summed E-state index contributed by atoms with van der Waals surface area (Å²) < 4.78 is 0. The Morgan fingerprint density at radius 1 is 1.18 bits per heavy atom. The molecule has 1 amide bonds. The SMILES string of the molecule is O=C(CSCc1ccc(Cl)cc1)Nc1nc2ccccc2[nH]1. The second-order valence-corrected chi connectivity index (χ2v) is 6.19. The van der Waals surface area contributed by atoms with E-state index in [1.165, 1.54) is 0 Å². The van der Waals surface area contributed by atoms with Gasteiger partial charge in [-0.3, -0.25) is 10.1 Å². The average Bonchev–Trinajstić information content (AvgIpc) is 2.91. The van der Waals surface area contributed by atoms with Crippen molar-refractivity contribution in [2.45, 2.75) is 5.75 Å². The molecule has 0 saturated heterocycles. The number of anilines is 1. The van der Waals surface area contributed by atoms with Crippen LogP contribution in [0.2, 0.25) is 5.02 Å². The van der Waals surface area contributed by atoms with Gasteiger partial charge in [0.2, 0.25) is 11.9 Å². The largest absolute Gasteiger partial charge is 0.324 e. The molecule has 3 rings (SSSR count). The molecule has 22 heavy (non-hydrogen) atoms. The molecule has 2 N–H and O–H groups in total. The molecule has 0 unspecified atom stereocenters. The molecule has 0 radical (unpaired) electrons. The summed E-state index contributed by atoms with van der Waals surface area (Å²) in [5.41, 5.74) is 2.89. The fourth-order valence-corrected chi connectivity index (χ4v) is 2.94. The number of hydrogen-bond acceptors (Lipinski definition) is 3. The highest BCUT2D eigenvalue weighted by atomic mass is 35.5. The van der Waals surface area contributed by atoms with Crippen LogP contribution in [0.15, 0.2) is 48.5 Å². The quantitative estimate of drug-likeness (QED) is 0.740. The third-order valence-corrected chi connectivity index (χ3v) is 4.32. The van der Waals surface area contributed by atoms with E-state index in [0.29, 0.717) is 11.7 Å². The number of nitrogens with one attached hydrogen (secondary N) is 2. The van der Waals surface area contributed by atoms with Crippen LogP contribution in [0.3, 0.4) is 0 Å². The molecule has 0 aliphatic heterocycles. The summed E-state index contributed by atoms with van der Waals surface area (Å²) in [5, 5.41) is 3.50. The van der Waals surface area contributed by atoms with E-state index in [0.717, 1.165) is 27.4 Å². The van der Waals surface area contributed by atoms with Crippen molar-refractivity contribution in [2.24, 2.45) is 0 Å². The van der Waals surface area contributed by atoms with Gasteiger partial charge in [-0.15, -0.1) is 11.8 Å². The first-order valence-electron chi connectivity index (χ1n) is 6.77. The van der Waals surface area contributed by atoms with E-state index in [1.807, 2.05) is 48.5 Å². The standard InChI is InChI=1S/C16H14ClN3OS/c17-12-7-5-11(6-8-12)9-22-10-15(21)20-16-18-13-3-1-2-4-14(13)19-16/h1-8H,9-10H2,(H2,18,19,20,21). The van der Waals surface area contributed by atoms with Crippen LogP contribution < -0.4 is 5.32 Å². The number of benzene rings is 2. The molecular weight excluding hydrogens is 318 g/mol. The van der Waals surface area contributed by atoms with Crippen molar-refractivity contribution in [3.63, 3.8) is 0 Å². The van der Waals surface area contributed by atoms with E-state index in [1.54, 1.807) is 11.8 Å². The molecule has 4 nitrogen and oxygen atoms in total. The molecular formula is C16H14ClN3OS. The Bertz CT molecular complexity index is 752. The zero-order valence-corrected chi connectivity index (χ0v) is 13.2. The number of nitrogens with zero attached hydrogens (tertiary/aromatic N) is 1. The Morgan fingerprint density at radius 3 is 2.73 bits per heavy atom. The Balaban J connectivity index is 1.50. The van der Waals surface area contributed by atoms with E-state index in [4.69, 9.17) is 11.6 Å². The topological polar surface area (TPSA) is 57.8 Å². The Kier molecular flexibility index (Phi) is 4.65. The van der Waals surface area contributed by atoms with Gasteiger partial charge in [-0.2, -0.15) is 0 Å². The molecule has 0 aliphatic carbocycles.